The van der Waals surface area contributed by atoms with E-state index in [2.05, 4.69) is 28.6 Å². The number of hydrogen-bond donors (Lipinski definition) is 1. The summed E-state index contributed by atoms with van der Waals surface area (Å²) in [6.07, 6.45) is 14.2. The molecule has 12 nitrogen and oxygen atoms in total. The number of aldehydes is 1. The summed E-state index contributed by atoms with van der Waals surface area (Å²) in [5.41, 5.74) is 9.43. The number of carbonyl (C=O) groups is 4. The molecule has 0 atom stereocenters. The number of fused-ring (bicyclic) bond motifs is 1. The number of nitrogens with zero attached hydrogens (tertiary/aromatic N) is 7. The van der Waals surface area contributed by atoms with Gasteiger partial charge in [0.15, 0.2) is 6.29 Å². The zero-order valence-corrected chi connectivity index (χ0v) is 34.9. The highest BCUT2D eigenvalue weighted by Crippen LogP contribution is 2.34. The number of carbonyl (C=O) groups excluding carboxylic acids is 4. The number of imide groups is 1. The first kappa shape index (κ1) is 43.3. The molecular formula is C46H58N8O4. The van der Waals surface area contributed by atoms with Gasteiger partial charge in [-0.3, -0.25) is 24.1 Å². The molecule has 1 aliphatic rings. The highest BCUT2D eigenvalue weighted by atomic mass is 16.2. The van der Waals surface area contributed by atoms with E-state index in [1.165, 1.54) is 30.4 Å². The van der Waals surface area contributed by atoms with Crippen molar-refractivity contribution < 1.29 is 19.2 Å². The molecule has 1 aliphatic heterocycles. The second-order valence-corrected chi connectivity index (χ2v) is 14.8. The van der Waals surface area contributed by atoms with Gasteiger partial charge in [-0.25, -0.2) is 4.98 Å². The Morgan fingerprint density at radius 3 is 2.10 bits per heavy atom. The van der Waals surface area contributed by atoms with E-state index >= 15 is 0 Å². The van der Waals surface area contributed by atoms with Gasteiger partial charge in [0.05, 0.1) is 12.0 Å². The molecule has 6 rings (SSSR count). The fraction of sp³-hybridized carbons (Fsp3) is 0.370. The Kier molecular flexibility index (Phi) is 15.3. The molecule has 2 N–H and O–H groups in total. The van der Waals surface area contributed by atoms with Gasteiger partial charge < -0.3 is 29.9 Å². The van der Waals surface area contributed by atoms with Crippen LogP contribution in [-0.2, 0) is 0 Å². The smallest absolute Gasteiger partial charge is 0.261 e. The Morgan fingerprint density at radius 2 is 1.47 bits per heavy atom. The second kappa shape index (κ2) is 20.5. The van der Waals surface area contributed by atoms with Crippen LogP contribution in [0.5, 0.6) is 0 Å². The molecule has 3 amide bonds. The Hall–Kier alpha value is -5.85. The number of aromatic nitrogens is 2. The number of benzene rings is 4. The largest absolute Gasteiger partial charge is 0.403 e. The first-order chi connectivity index (χ1) is 28.1. The zero-order chi connectivity index (χ0) is 41.8. The van der Waals surface area contributed by atoms with Crippen molar-refractivity contribution in [2.45, 2.75) is 46.5 Å². The molecule has 0 spiro atoms. The Morgan fingerprint density at radius 1 is 0.776 bits per heavy atom. The average Bonchev–Trinajstić information content (AvgIpc) is 3.78. The summed E-state index contributed by atoms with van der Waals surface area (Å²) in [7, 11) is 5.80. The van der Waals surface area contributed by atoms with Gasteiger partial charge in [-0.1, -0.05) is 63.4 Å². The summed E-state index contributed by atoms with van der Waals surface area (Å²) in [6.45, 7) is 10.7. The molecule has 0 saturated heterocycles. The summed E-state index contributed by atoms with van der Waals surface area (Å²) in [5.74, 6) is -0.706. The number of rotatable bonds is 18. The van der Waals surface area contributed by atoms with E-state index in [-0.39, 0.29) is 24.3 Å². The normalized spacial score (nSPS) is 12.5. The average molecular weight is 787 g/mol. The van der Waals surface area contributed by atoms with Gasteiger partial charge in [0.25, 0.3) is 17.7 Å². The minimum absolute atomic E-state index is 0.152. The molecule has 5 aromatic rings. The van der Waals surface area contributed by atoms with E-state index in [9.17, 15) is 19.2 Å². The second-order valence-electron chi connectivity index (χ2n) is 14.8. The van der Waals surface area contributed by atoms with Crippen LogP contribution in [0.25, 0.3) is 27.2 Å². The molecule has 12 heteroatoms. The molecule has 1 aromatic heterocycles. The predicted octanol–water partition coefficient (Wildman–Crippen LogP) is 7.07. The summed E-state index contributed by atoms with van der Waals surface area (Å²) in [6, 6.07) is 18.5. The van der Waals surface area contributed by atoms with Crippen molar-refractivity contribution in [3.05, 3.63) is 114 Å². The predicted molar refractivity (Wildman–Crippen MR) is 234 cm³/mol. The van der Waals surface area contributed by atoms with Crippen molar-refractivity contribution in [3.63, 3.8) is 0 Å². The number of imidazole rings is 1. The summed E-state index contributed by atoms with van der Waals surface area (Å²) in [5, 5.41) is 2.97. The maximum Gasteiger partial charge on any atom is 0.261 e. The van der Waals surface area contributed by atoms with E-state index in [0.29, 0.717) is 59.2 Å². The Balaban J connectivity index is 0.00000121. The molecule has 0 aliphatic carbocycles. The van der Waals surface area contributed by atoms with Gasteiger partial charge in [0.1, 0.15) is 0 Å². The van der Waals surface area contributed by atoms with Crippen LogP contribution < -0.4 is 10.6 Å². The Bertz CT molecular complexity index is 2210. The molecule has 306 valence electrons. The standard InChI is InChI=1S/C41H46N8O4.C5H12/c1-5-47(21-17-42)35-15-13-33(37-29(27-50)9-6-10-30(35)37)39(51)46(4)25-23-44(2)19-8-20-45(3)24-26-49-40(52)32-12-7-11-31-36(48-22-18-43-28-48)16-14-34(38(31)32)41(49)53;1-3-5-4-2/h6-7,9-18,21-22,27-28H,5,8,19-20,23-26,42H2,1-4H3;3-5H2,1-2H3/b21-17-;. The first-order valence-corrected chi connectivity index (χ1v) is 20.3. The van der Waals surface area contributed by atoms with Gasteiger partial charge in [-0.05, 0) is 70.9 Å². The molecule has 58 heavy (non-hydrogen) atoms. The van der Waals surface area contributed by atoms with Gasteiger partial charge in [-0.15, -0.1) is 0 Å². The number of unbranched alkanes of at least 4 members (excludes halogenated alkanes) is 2. The van der Waals surface area contributed by atoms with Crippen LogP contribution >= 0.6 is 0 Å². The van der Waals surface area contributed by atoms with Crippen molar-refractivity contribution >= 4 is 51.2 Å². The fourth-order valence-electron chi connectivity index (χ4n) is 7.45. The van der Waals surface area contributed by atoms with E-state index in [1.54, 1.807) is 54.9 Å². The van der Waals surface area contributed by atoms with E-state index in [0.717, 1.165) is 47.9 Å². The fourth-order valence-corrected chi connectivity index (χ4v) is 7.45. The third kappa shape index (κ3) is 9.63. The van der Waals surface area contributed by atoms with Crippen LogP contribution in [0.1, 0.15) is 87.9 Å². The minimum Gasteiger partial charge on any atom is -0.403 e. The number of anilines is 1. The third-order valence-electron chi connectivity index (χ3n) is 10.7. The lowest BCUT2D eigenvalue weighted by atomic mass is 9.93. The minimum atomic E-state index is -0.277. The molecule has 0 radical (unpaired) electrons. The maximum atomic E-state index is 13.7. The van der Waals surface area contributed by atoms with Crippen LogP contribution in [0.3, 0.4) is 0 Å². The van der Waals surface area contributed by atoms with Crippen molar-refractivity contribution in [1.82, 2.24) is 29.2 Å². The van der Waals surface area contributed by atoms with Gasteiger partial charge in [-0.2, -0.15) is 0 Å². The summed E-state index contributed by atoms with van der Waals surface area (Å²) < 4.78 is 1.88. The zero-order valence-electron chi connectivity index (χ0n) is 34.9. The van der Waals surface area contributed by atoms with Crippen LogP contribution in [0.15, 0.2) is 91.8 Å². The van der Waals surface area contributed by atoms with Crippen LogP contribution in [-0.4, -0.2) is 120 Å². The molecular weight excluding hydrogens is 729 g/mol. The van der Waals surface area contributed by atoms with Gasteiger partial charge >= 0.3 is 0 Å². The highest BCUT2D eigenvalue weighted by molar-refractivity contribution is 6.26. The number of hydrogen-bond acceptors (Lipinski definition) is 9. The van der Waals surface area contributed by atoms with Gasteiger partial charge in [0, 0.05) is 114 Å². The lowest BCUT2D eigenvalue weighted by Crippen LogP contribution is -2.44. The molecule has 2 heterocycles. The van der Waals surface area contributed by atoms with Crippen molar-refractivity contribution in [2.24, 2.45) is 5.73 Å². The molecule has 0 fully saturated rings. The summed E-state index contributed by atoms with van der Waals surface area (Å²) in [4.78, 5) is 66.4. The topological polar surface area (TPSA) is 128 Å². The van der Waals surface area contributed by atoms with Crippen molar-refractivity contribution in [1.29, 1.82) is 0 Å². The lowest BCUT2D eigenvalue weighted by molar-refractivity contribution is 0.0596. The first-order valence-electron chi connectivity index (χ1n) is 20.3. The number of nitrogens with two attached hydrogens (primary N) is 1. The number of amides is 3. The number of likely N-dealkylation sites (N-methyl/N-ethyl adjacent to an activating group) is 3. The lowest BCUT2D eigenvalue weighted by Gasteiger charge is -2.29. The third-order valence-corrected chi connectivity index (χ3v) is 10.7. The SMILES string of the molecule is CCCCC.CCN(/C=C\N)c1ccc(C(=O)N(C)CCN(C)CCCN(C)CCN2C(=O)c3cccc4c(-n5ccnc5)ccc(c34)C2=O)c2c(C=O)cccc12. The highest BCUT2D eigenvalue weighted by Gasteiger charge is 2.33. The van der Waals surface area contributed by atoms with Crippen LogP contribution in [0, 0.1) is 0 Å². The monoisotopic (exact) mass is 786 g/mol. The maximum absolute atomic E-state index is 13.7. The quantitative estimate of drug-likeness (QED) is 0.0733. The molecule has 0 saturated carbocycles. The van der Waals surface area contributed by atoms with E-state index < -0.39 is 0 Å². The van der Waals surface area contributed by atoms with E-state index in [1.807, 2.05) is 73.1 Å². The van der Waals surface area contributed by atoms with Crippen LogP contribution in [0.2, 0.25) is 0 Å². The van der Waals surface area contributed by atoms with E-state index in [4.69, 9.17) is 5.73 Å². The van der Waals surface area contributed by atoms with Crippen molar-refractivity contribution in [3.8, 4) is 5.69 Å². The molecule has 4 aromatic carbocycles. The van der Waals surface area contributed by atoms with Crippen molar-refractivity contribution in [2.75, 3.05) is 71.9 Å². The molecule has 0 unspecified atom stereocenters. The van der Waals surface area contributed by atoms with Gasteiger partial charge in [0.2, 0.25) is 0 Å². The Labute approximate surface area is 342 Å². The molecule has 0 bridgehead atoms. The van der Waals surface area contributed by atoms with Crippen LogP contribution in [0.4, 0.5) is 5.69 Å². The summed E-state index contributed by atoms with van der Waals surface area (Å²) >= 11 is 0.